The van der Waals surface area contributed by atoms with Gasteiger partial charge in [0.2, 0.25) is 0 Å². The molecule has 3 rings (SSSR count). The fourth-order valence-electron chi connectivity index (χ4n) is 2.88. The fraction of sp³-hybridized carbons (Fsp3) is 0.174. The number of ether oxygens (including phenoxy) is 2. The van der Waals surface area contributed by atoms with E-state index in [4.69, 9.17) is 21.1 Å². The van der Waals surface area contributed by atoms with Gasteiger partial charge in [-0.1, -0.05) is 30.7 Å². The normalized spacial score (nSPS) is 11.1. The molecular weight excluding hydrogens is 470 g/mol. The topological polar surface area (TPSA) is 113 Å². The Labute approximate surface area is 195 Å². The molecule has 0 amide bonds. The highest BCUT2D eigenvalue weighted by Crippen LogP contribution is 2.32. The van der Waals surface area contributed by atoms with E-state index in [1.165, 1.54) is 42.5 Å². The van der Waals surface area contributed by atoms with E-state index in [1.54, 1.807) is 31.2 Å². The van der Waals surface area contributed by atoms with Crippen LogP contribution in [-0.4, -0.2) is 25.1 Å². The van der Waals surface area contributed by atoms with E-state index < -0.39 is 20.7 Å². The Morgan fingerprint density at radius 1 is 1.03 bits per heavy atom. The van der Waals surface area contributed by atoms with Gasteiger partial charge in [-0.05, 0) is 54.4 Å². The van der Waals surface area contributed by atoms with E-state index in [9.17, 15) is 23.3 Å². The SMILES string of the molecule is CCCS(=O)(=O)c1ccc(COC(=O)c2ccc(Oc3ccc([N+](=O)[O-])cc3Cl)cc2)cc1. The molecule has 0 saturated carbocycles. The second-order valence-electron chi connectivity index (χ2n) is 7.04. The molecule has 3 aromatic carbocycles. The quantitative estimate of drug-likeness (QED) is 0.219. The van der Waals surface area contributed by atoms with Gasteiger partial charge < -0.3 is 9.47 Å². The number of non-ortho nitro benzene ring substituents is 1. The first kappa shape index (κ1) is 24.2. The Hall–Kier alpha value is -3.43. The summed E-state index contributed by atoms with van der Waals surface area (Å²) in [7, 11) is -3.29. The summed E-state index contributed by atoms with van der Waals surface area (Å²) >= 11 is 6.02. The second kappa shape index (κ2) is 10.5. The van der Waals surface area contributed by atoms with Gasteiger partial charge in [0.25, 0.3) is 5.69 Å². The molecular formula is C23H20ClNO7S. The first-order valence-corrected chi connectivity index (χ1v) is 11.9. The maximum Gasteiger partial charge on any atom is 0.338 e. The van der Waals surface area contributed by atoms with Crippen molar-refractivity contribution in [2.75, 3.05) is 5.75 Å². The van der Waals surface area contributed by atoms with Crippen molar-refractivity contribution in [2.45, 2.75) is 24.8 Å². The van der Waals surface area contributed by atoms with E-state index >= 15 is 0 Å². The molecule has 0 N–H and O–H groups in total. The Kier molecular flexibility index (Phi) is 7.67. The van der Waals surface area contributed by atoms with Crippen LogP contribution in [0.1, 0.15) is 29.3 Å². The minimum atomic E-state index is -3.29. The highest BCUT2D eigenvalue weighted by molar-refractivity contribution is 7.91. The van der Waals surface area contributed by atoms with E-state index in [2.05, 4.69) is 0 Å². The molecule has 0 heterocycles. The number of nitro benzene ring substituents is 1. The van der Waals surface area contributed by atoms with Crippen LogP contribution in [0, 0.1) is 10.1 Å². The molecule has 0 aromatic heterocycles. The van der Waals surface area contributed by atoms with Gasteiger partial charge in [0, 0.05) is 12.1 Å². The molecule has 0 spiro atoms. The number of halogens is 1. The van der Waals surface area contributed by atoms with E-state index in [0.29, 0.717) is 23.3 Å². The third-order valence-electron chi connectivity index (χ3n) is 4.57. The smallest absolute Gasteiger partial charge is 0.338 e. The Balaban J connectivity index is 1.59. The van der Waals surface area contributed by atoms with Crippen molar-refractivity contribution in [2.24, 2.45) is 0 Å². The van der Waals surface area contributed by atoms with Crippen LogP contribution in [0.5, 0.6) is 11.5 Å². The van der Waals surface area contributed by atoms with Crippen LogP contribution in [0.4, 0.5) is 5.69 Å². The van der Waals surface area contributed by atoms with Gasteiger partial charge >= 0.3 is 5.97 Å². The largest absolute Gasteiger partial charge is 0.457 e. The van der Waals surface area contributed by atoms with Gasteiger partial charge in [-0.2, -0.15) is 0 Å². The zero-order valence-electron chi connectivity index (χ0n) is 17.6. The molecule has 0 bridgehead atoms. The molecule has 0 unspecified atom stereocenters. The number of nitro groups is 1. The zero-order chi connectivity index (χ0) is 24.0. The van der Waals surface area contributed by atoms with Crippen molar-refractivity contribution in [3.8, 4) is 11.5 Å². The summed E-state index contributed by atoms with van der Waals surface area (Å²) < 4.78 is 35.0. The van der Waals surface area contributed by atoms with E-state index in [0.717, 1.165) is 0 Å². The van der Waals surface area contributed by atoms with Gasteiger partial charge in [-0.25, -0.2) is 13.2 Å². The molecule has 0 aliphatic heterocycles. The number of carbonyl (C=O) groups excluding carboxylic acids is 1. The maximum atomic E-state index is 12.3. The monoisotopic (exact) mass is 489 g/mol. The van der Waals surface area contributed by atoms with Crippen LogP contribution in [0.15, 0.2) is 71.6 Å². The van der Waals surface area contributed by atoms with Gasteiger partial charge in [0.1, 0.15) is 18.1 Å². The van der Waals surface area contributed by atoms with Crippen molar-refractivity contribution in [3.05, 3.63) is 93.0 Å². The second-order valence-corrected chi connectivity index (χ2v) is 9.55. The van der Waals surface area contributed by atoms with Crippen LogP contribution >= 0.6 is 11.6 Å². The number of esters is 1. The summed E-state index contributed by atoms with van der Waals surface area (Å²) in [4.78, 5) is 22.8. The first-order chi connectivity index (χ1) is 15.7. The minimum Gasteiger partial charge on any atom is -0.457 e. The third kappa shape index (κ3) is 6.30. The molecule has 0 saturated heterocycles. The number of carbonyl (C=O) groups is 1. The van der Waals surface area contributed by atoms with Crippen LogP contribution in [0.3, 0.4) is 0 Å². The lowest BCUT2D eigenvalue weighted by Gasteiger charge is -2.09. The molecule has 0 aliphatic rings. The lowest BCUT2D eigenvalue weighted by atomic mass is 10.2. The first-order valence-electron chi connectivity index (χ1n) is 9.90. The van der Waals surface area contributed by atoms with Gasteiger partial charge in [-0.15, -0.1) is 0 Å². The number of benzene rings is 3. The van der Waals surface area contributed by atoms with Crippen LogP contribution in [0.25, 0.3) is 0 Å². The lowest BCUT2D eigenvalue weighted by Crippen LogP contribution is -2.07. The fourth-order valence-corrected chi connectivity index (χ4v) is 4.42. The minimum absolute atomic E-state index is 0.0103. The molecule has 0 fully saturated rings. The van der Waals surface area contributed by atoms with E-state index in [-0.39, 0.29) is 33.7 Å². The molecule has 0 atom stereocenters. The number of hydrogen-bond acceptors (Lipinski definition) is 7. The molecule has 0 radical (unpaired) electrons. The molecule has 8 nitrogen and oxygen atoms in total. The van der Waals surface area contributed by atoms with Crippen molar-refractivity contribution in [3.63, 3.8) is 0 Å². The van der Waals surface area contributed by atoms with Crippen molar-refractivity contribution in [1.29, 1.82) is 0 Å². The number of nitrogens with zero attached hydrogens (tertiary/aromatic N) is 1. The van der Waals surface area contributed by atoms with Gasteiger partial charge in [-0.3, -0.25) is 10.1 Å². The van der Waals surface area contributed by atoms with Crippen LogP contribution in [-0.2, 0) is 21.2 Å². The predicted octanol–water partition coefficient (Wildman–Crippen LogP) is 5.58. The molecule has 172 valence electrons. The van der Waals surface area contributed by atoms with Crippen molar-refractivity contribution < 1.29 is 27.6 Å². The van der Waals surface area contributed by atoms with E-state index in [1.807, 2.05) is 0 Å². The number of rotatable bonds is 9. The third-order valence-corrected chi connectivity index (χ3v) is 6.80. The summed E-state index contributed by atoms with van der Waals surface area (Å²) in [6, 6.07) is 16.2. The van der Waals surface area contributed by atoms with Crippen molar-refractivity contribution in [1.82, 2.24) is 0 Å². The average Bonchev–Trinajstić information content (AvgIpc) is 2.79. The highest BCUT2D eigenvalue weighted by Gasteiger charge is 2.14. The number of hydrogen-bond donors (Lipinski definition) is 0. The van der Waals surface area contributed by atoms with Gasteiger partial charge in [0.15, 0.2) is 9.84 Å². The molecule has 33 heavy (non-hydrogen) atoms. The zero-order valence-corrected chi connectivity index (χ0v) is 19.1. The van der Waals surface area contributed by atoms with Crippen LogP contribution in [0.2, 0.25) is 5.02 Å². The Morgan fingerprint density at radius 2 is 1.70 bits per heavy atom. The Bertz CT molecular complexity index is 1260. The summed E-state index contributed by atoms with van der Waals surface area (Å²) in [6.45, 7) is 1.79. The summed E-state index contributed by atoms with van der Waals surface area (Å²) in [5, 5.41) is 10.9. The summed E-state index contributed by atoms with van der Waals surface area (Å²) in [5.41, 5.74) is 0.800. The molecule has 0 aliphatic carbocycles. The Morgan fingerprint density at radius 3 is 2.27 bits per heavy atom. The lowest BCUT2D eigenvalue weighted by molar-refractivity contribution is -0.384. The molecule has 10 heteroatoms. The highest BCUT2D eigenvalue weighted by atomic mass is 35.5. The predicted molar refractivity (Wildman–Crippen MR) is 123 cm³/mol. The standard InChI is InChI=1S/C23H20ClNO7S/c1-2-13-33(29,30)20-10-3-16(4-11-20)15-31-23(26)17-5-8-19(9-6-17)32-22-12-7-18(25(27)28)14-21(22)24/h3-12,14H,2,13,15H2,1H3. The maximum absolute atomic E-state index is 12.3. The van der Waals surface area contributed by atoms with Crippen molar-refractivity contribution >= 4 is 33.1 Å². The summed E-state index contributed by atoms with van der Waals surface area (Å²) in [5.74, 6) is 0.142. The van der Waals surface area contributed by atoms with Gasteiger partial charge in [0.05, 0.1) is 26.2 Å². The average molecular weight is 490 g/mol. The summed E-state index contributed by atoms with van der Waals surface area (Å²) in [6.07, 6.45) is 0.534. The van der Waals surface area contributed by atoms with Crippen LogP contribution < -0.4 is 4.74 Å². The molecule has 3 aromatic rings. The number of sulfone groups is 1.